The minimum absolute atomic E-state index is 0.0878. The van der Waals surface area contributed by atoms with Crippen molar-refractivity contribution in [1.82, 2.24) is 14.7 Å². The molecule has 0 unspecified atom stereocenters. The van der Waals surface area contributed by atoms with E-state index >= 15 is 0 Å². The van der Waals surface area contributed by atoms with Crippen molar-refractivity contribution in [2.75, 3.05) is 18.8 Å². The zero-order chi connectivity index (χ0) is 15.6. The van der Waals surface area contributed by atoms with E-state index in [-0.39, 0.29) is 5.91 Å². The highest BCUT2D eigenvalue weighted by atomic mass is 16.2. The predicted molar refractivity (Wildman–Crippen MR) is 84.7 cm³/mol. The van der Waals surface area contributed by atoms with Crippen molar-refractivity contribution in [3.63, 3.8) is 0 Å². The highest BCUT2D eigenvalue weighted by molar-refractivity contribution is 5.93. The standard InChI is InChI=1S/C16H22N4O/c1-5-19(6-2)16(21)13-10-15(17)20(18-13)14-8-7-11(3)9-12(14)4/h7-10H,5-6,17H2,1-4H3. The molecule has 0 saturated carbocycles. The Bertz CT molecular complexity index is 656. The monoisotopic (exact) mass is 286 g/mol. The van der Waals surface area contributed by atoms with Crippen LogP contribution in [0.5, 0.6) is 0 Å². The van der Waals surface area contributed by atoms with E-state index in [0.717, 1.165) is 11.3 Å². The van der Waals surface area contributed by atoms with E-state index in [1.165, 1.54) is 5.56 Å². The molecule has 0 aliphatic heterocycles. The van der Waals surface area contributed by atoms with Crippen molar-refractivity contribution in [2.24, 2.45) is 0 Å². The molecule has 5 nitrogen and oxygen atoms in total. The Morgan fingerprint density at radius 3 is 2.48 bits per heavy atom. The fourth-order valence-corrected chi connectivity index (χ4v) is 2.41. The second kappa shape index (κ2) is 5.99. The van der Waals surface area contributed by atoms with Crippen molar-refractivity contribution in [2.45, 2.75) is 27.7 Å². The average Bonchev–Trinajstić information content (AvgIpc) is 2.82. The van der Waals surface area contributed by atoms with Crippen LogP contribution in [-0.4, -0.2) is 33.7 Å². The summed E-state index contributed by atoms with van der Waals surface area (Å²) in [6.45, 7) is 9.27. The van der Waals surface area contributed by atoms with Gasteiger partial charge in [-0.2, -0.15) is 5.10 Å². The molecule has 2 N–H and O–H groups in total. The van der Waals surface area contributed by atoms with Crippen LogP contribution in [0.25, 0.3) is 5.69 Å². The molecule has 0 fully saturated rings. The number of nitrogens with two attached hydrogens (primary N) is 1. The lowest BCUT2D eigenvalue weighted by molar-refractivity contribution is 0.0766. The number of nitrogen functional groups attached to an aromatic ring is 1. The lowest BCUT2D eigenvalue weighted by Gasteiger charge is -2.16. The first kappa shape index (κ1) is 15.1. The molecule has 21 heavy (non-hydrogen) atoms. The molecule has 0 atom stereocenters. The van der Waals surface area contributed by atoms with Crippen LogP contribution in [0.1, 0.15) is 35.5 Å². The molecular weight excluding hydrogens is 264 g/mol. The molecular formula is C16H22N4O. The topological polar surface area (TPSA) is 64.2 Å². The van der Waals surface area contributed by atoms with Gasteiger partial charge in [0.15, 0.2) is 5.69 Å². The minimum Gasteiger partial charge on any atom is -0.384 e. The molecule has 1 aromatic heterocycles. The lowest BCUT2D eigenvalue weighted by atomic mass is 10.1. The molecule has 1 amide bonds. The number of anilines is 1. The van der Waals surface area contributed by atoms with Crippen LogP contribution in [-0.2, 0) is 0 Å². The van der Waals surface area contributed by atoms with Gasteiger partial charge in [0.1, 0.15) is 5.82 Å². The van der Waals surface area contributed by atoms with E-state index < -0.39 is 0 Å². The molecule has 1 aromatic carbocycles. The van der Waals surface area contributed by atoms with E-state index in [0.29, 0.717) is 24.6 Å². The van der Waals surface area contributed by atoms with Crippen LogP contribution in [0, 0.1) is 13.8 Å². The maximum absolute atomic E-state index is 12.3. The summed E-state index contributed by atoms with van der Waals surface area (Å²) in [6, 6.07) is 7.69. The van der Waals surface area contributed by atoms with Crippen LogP contribution in [0.4, 0.5) is 5.82 Å². The van der Waals surface area contributed by atoms with Gasteiger partial charge in [-0.1, -0.05) is 17.7 Å². The fraction of sp³-hybridized carbons (Fsp3) is 0.375. The molecule has 0 aliphatic carbocycles. The van der Waals surface area contributed by atoms with Crippen molar-refractivity contribution >= 4 is 11.7 Å². The largest absolute Gasteiger partial charge is 0.384 e. The van der Waals surface area contributed by atoms with E-state index in [2.05, 4.69) is 11.2 Å². The summed E-state index contributed by atoms with van der Waals surface area (Å²) in [7, 11) is 0. The van der Waals surface area contributed by atoms with E-state index in [1.54, 1.807) is 15.6 Å². The molecule has 112 valence electrons. The summed E-state index contributed by atoms with van der Waals surface area (Å²) in [5.74, 6) is 0.382. The molecule has 0 saturated heterocycles. The Hall–Kier alpha value is -2.30. The van der Waals surface area contributed by atoms with Crippen molar-refractivity contribution in [1.29, 1.82) is 0 Å². The quantitative estimate of drug-likeness (QED) is 0.939. The number of amides is 1. The Balaban J connectivity index is 2.42. The van der Waals surface area contributed by atoms with Gasteiger partial charge in [0, 0.05) is 19.2 Å². The number of nitrogens with zero attached hydrogens (tertiary/aromatic N) is 3. The Morgan fingerprint density at radius 1 is 1.24 bits per heavy atom. The van der Waals surface area contributed by atoms with Gasteiger partial charge in [-0.05, 0) is 39.3 Å². The third-order valence-electron chi connectivity index (χ3n) is 3.59. The maximum atomic E-state index is 12.3. The number of carbonyl (C=O) groups excluding carboxylic acids is 1. The van der Waals surface area contributed by atoms with Gasteiger partial charge in [0.05, 0.1) is 5.69 Å². The van der Waals surface area contributed by atoms with Gasteiger partial charge in [-0.3, -0.25) is 4.79 Å². The van der Waals surface area contributed by atoms with Gasteiger partial charge >= 0.3 is 0 Å². The van der Waals surface area contributed by atoms with Crippen LogP contribution in [0.15, 0.2) is 24.3 Å². The third-order valence-corrected chi connectivity index (χ3v) is 3.59. The number of aryl methyl sites for hydroxylation is 2. The van der Waals surface area contributed by atoms with Gasteiger partial charge in [0.25, 0.3) is 5.91 Å². The molecule has 2 rings (SSSR count). The molecule has 0 aliphatic rings. The number of benzene rings is 1. The Morgan fingerprint density at radius 2 is 1.90 bits per heavy atom. The smallest absolute Gasteiger partial charge is 0.274 e. The summed E-state index contributed by atoms with van der Waals surface area (Å²) in [5, 5.41) is 4.39. The first-order valence-electron chi connectivity index (χ1n) is 7.20. The first-order valence-corrected chi connectivity index (χ1v) is 7.20. The summed E-state index contributed by atoms with van der Waals surface area (Å²) >= 11 is 0. The zero-order valence-electron chi connectivity index (χ0n) is 13.1. The van der Waals surface area contributed by atoms with Crippen molar-refractivity contribution < 1.29 is 4.79 Å². The molecule has 0 spiro atoms. The fourth-order valence-electron chi connectivity index (χ4n) is 2.41. The van der Waals surface area contributed by atoms with E-state index in [4.69, 9.17) is 5.73 Å². The normalized spacial score (nSPS) is 10.7. The Kier molecular flexibility index (Phi) is 4.31. The van der Waals surface area contributed by atoms with Crippen LogP contribution < -0.4 is 5.73 Å². The Labute approximate surface area is 125 Å². The third kappa shape index (κ3) is 2.91. The molecule has 5 heteroatoms. The van der Waals surface area contributed by atoms with Gasteiger partial charge in [0.2, 0.25) is 0 Å². The highest BCUT2D eigenvalue weighted by Gasteiger charge is 2.18. The van der Waals surface area contributed by atoms with Crippen LogP contribution in [0.2, 0.25) is 0 Å². The SMILES string of the molecule is CCN(CC)C(=O)c1cc(N)n(-c2ccc(C)cc2C)n1. The number of hydrogen-bond donors (Lipinski definition) is 1. The van der Waals surface area contributed by atoms with Gasteiger partial charge in [-0.25, -0.2) is 4.68 Å². The second-order valence-corrected chi connectivity index (χ2v) is 5.13. The molecule has 0 radical (unpaired) electrons. The maximum Gasteiger partial charge on any atom is 0.274 e. The van der Waals surface area contributed by atoms with Crippen molar-refractivity contribution in [3.05, 3.63) is 41.1 Å². The first-order chi connectivity index (χ1) is 9.97. The van der Waals surface area contributed by atoms with E-state index in [9.17, 15) is 4.79 Å². The van der Waals surface area contributed by atoms with E-state index in [1.807, 2.05) is 39.8 Å². The summed E-state index contributed by atoms with van der Waals surface area (Å²) in [4.78, 5) is 14.1. The summed E-state index contributed by atoms with van der Waals surface area (Å²) in [6.07, 6.45) is 0. The zero-order valence-corrected chi connectivity index (χ0v) is 13.1. The number of rotatable bonds is 4. The average molecular weight is 286 g/mol. The summed E-state index contributed by atoms with van der Waals surface area (Å²) in [5.41, 5.74) is 9.57. The van der Waals surface area contributed by atoms with Gasteiger partial charge in [-0.15, -0.1) is 0 Å². The van der Waals surface area contributed by atoms with Crippen molar-refractivity contribution in [3.8, 4) is 5.69 Å². The number of hydrogen-bond acceptors (Lipinski definition) is 3. The lowest BCUT2D eigenvalue weighted by Crippen LogP contribution is -2.30. The summed E-state index contributed by atoms with van der Waals surface area (Å²) < 4.78 is 1.63. The van der Waals surface area contributed by atoms with Crippen LogP contribution in [0.3, 0.4) is 0 Å². The number of aromatic nitrogens is 2. The predicted octanol–water partition coefficient (Wildman–Crippen LogP) is 2.55. The molecule has 2 aromatic rings. The molecule has 0 bridgehead atoms. The molecule has 1 heterocycles. The highest BCUT2D eigenvalue weighted by Crippen LogP contribution is 2.20. The van der Waals surface area contributed by atoms with Crippen LogP contribution >= 0.6 is 0 Å². The van der Waals surface area contributed by atoms with Gasteiger partial charge < -0.3 is 10.6 Å². The number of carbonyl (C=O) groups is 1. The second-order valence-electron chi connectivity index (χ2n) is 5.13. The minimum atomic E-state index is -0.0878.